The van der Waals surface area contributed by atoms with E-state index in [0.717, 1.165) is 30.8 Å². The van der Waals surface area contributed by atoms with E-state index in [9.17, 15) is 22.0 Å². The Morgan fingerprint density at radius 1 is 1.08 bits per heavy atom. The van der Waals surface area contributed by atoms with E-state index in [1.165, 1.54) is 6.07 Å². The number of carbonyl (C=O) groups excluding carboxylic acids is 1. The van der Waals surface area contributed by atoms with Crippen LogP contribution in [0.1, 0.15) is 60.3 Å². The molecule has 0 unspecified atom stereocenters. The van der Waals surface area contributed by atoms with Gasteiger partial charge < -0.3 is 10.2 Å². The third kappa shape index (κ3) is 8.96. The summed E-state index contributed by atoms with van der Waals surface area (Å²) in [5, 5.41) is 9.48. The lowest BCUT2D eigenvalue weighted by atomic mass is 10.1. The van der Waals surface area contributed by atoms with E-state index in [4.69, 9.17) is 0 Å². The Balaban J connectivity index is 1.67. The first-order chi connectivity index (χ1) is 18.2. The van der Waals surface area contributed by atoms with Gasteiger partial charge in [-0.1, -0.05) is 44.2 Å². The summed E-state index contributed by atoms with van der Waals surface area (Å²) < 4.78 is 55.1. The van der Waals surface area contributed by atoms with Crippen molar-refractivity contribution in [1.82, 2.24) is 30.1 Å². The number of aromatic nitrogens is 3. The van der Waals surface area contributed by atoms with Crippen molar-refractivity contribution in [3.63, 3.8) is 0 Å². The van der Waals surface area contributed by atoms with E-state index >= 15 is 0 Å². The molecule has 3 rings (SSSR count). The number of sulfonamides is 1. The van der Waals surface area contributed by atoms with Gasteiger partial charge in [-0.2, -0.15) is 5.10 Å². The molecule has 1 atom stereocenters. The lowest BCUT2D eigenvalue weighted by Crippen LogP contribution is -2.33. The highest BCUT2D eigenvalue weighted by molar-refractivity contribution is 7.89. The highest BCUT2D eigenvalue weighted by Crippen LogP contribution is 2.18. The smallest absolute Gasteiger partial charge is 0.251 e. The second-order valence-corrected chi connectivity index (χ2v) is 10.7. The van der Waals surface area contributed by atoms with E-state index in [2.05, 4.69) is 30.1 Å². The van der Waals surface area contributed by atoms with Crippen molar-refractivity contribution in [2.45, 2.75) is 45.7 Å². The number of hydrogen-bond donors (Lipinski definition) is 3. The number of rotatable bonds is 15. The van der Waals surface area contributed by atoms with Crippen LogP contribution in [0.25, 0.3) is 0 Å². The molecule has 1 amide bonds. The maximum absolute atomic E-state index is 13.4. The Morgan fingerprint density at radius 2 is 1.82 bits per heavy atom. The van der Waals surface area contributed by atoms with Crippen molar-refractivity contribution in [1.29, 1.82) is 0 Å². The van der Waals surface area contributed by atoms with Crippen LogP contribution in [0.2, 0.25) is 0 Å². The number of hydrogen-bond acceptors (Lipinski definition) is 6. The third-order valence-electron chi connectivity index (χ3n) is 6.13. The Morgan fingerprint density at radius 3 is 2.50 bits per heavy atom. The Hall–Kier alpha value is -3.22. The molecule has 0 fully saturated rings. The molecule has 0 saturated heterocycles. The van der Waals surface area contributed by atoms with E-state index in [1.807, 2.05) is 44.2 Å². The number of benzene rings is 2. The van der Waals surface area contributed by atoms with E-state index in [1.54, 1.807) is 0 Å². The standard InChI is InChI=1S/C26H34F2N6O3S/c1-3-34(4-2)15-8-16-38(36,37)33-23(14-11-19-9-6-5-7-10-19)25-30-24(31-32-25)18-29-26(35)20-12-13-21(27)22(28)17-20/h5-7,9-10,12-13,17,23,33H,3-4,8,11,14-16,18H2,1-2H3,(H,29,35)(H,30,31,32)/t23-/m1/s1. The fourth-order valence-corrected chi connectivity index (χ4v) is 5.22. The van der Waals surface area contributed by atoms with Crippen molar-refractivity contribution < 1.29 is 22.0 Å². The molecule has 0 aliphatic heterocycles. The fourth-order valence-electron chi connectivity index (χ4n) is 3.94. The minimum absolute atomic E-state index is 0.0209. The van der Waals surface area contributed by atoms with Gasteiger partial charge in [0.2, 0.25) is 10.0 Å². The summed E-state index contributed by atoms with van der Waals surface area (Å²) >= 11 is 0. The highest BCUT2D eigenvalue weighted by Gasteiger charge is 2.23. The van der Waals surface area contributed by atoms with Crippen LogP contribution in [0, 0.1) is 11.6 Å². The third-order valence-corrected chi connectivity index (χ3v) is 7.60. The molecule has 12 heteroatoms. The van der Waals surface area contributed by atoms with Gasteiger partial charge in [0.1, 0.15) is 5.82 Å². The van der Waals surface area contributed by atoms with Gasteiger partial charge in [-0.05, 0) is 62.7 Å². The SMILES string of the molecule is CCN(CC)CCCS(=O)(=O)N[C@H](CCc1ccccc1)c1n[nH]c(CNC(=O)c2ccc(F)c(F)c2)n1. The van der Waals surface area contributed by atoms with Gasteiger partial charge >= 0.3 is 0 Å². The molecular weight excluding hydrogens is 514 g/mol. The molecule has 0 spiro atoms. The van der Waals surface area contributed by atoms with Gasteiger partial charge in [-0.25, -0.2) is 26.9 Å². The molecule has 0 saturated carbocycles. The van der Waals surface area contributed by atoms with Crippen molar-refractivity contribution >= 4 is 15.9 Å². The topological polar surface area (TPSA) is 120 Å². The number of aryl methyl sites for hydroxylation is 1. The van der Waals surface area contributed by atoms with Crippen molar-refractivity contribution in [2.75, 3.05) is 25.4 Å². The lowest BCUT2D eigenvalue weighted by Gasteiger charge is -2.19. The number of H-pyrrole nitrogens is 1. The van der Waals surface area contributed by atoms with Crippen LogP contribution in [0.3, 0.4) is 0 Å². The van der Waals surface area contributed by atoms with Crippen LogP contribution in [-0.4, -0.2) is 59.8 Å². The Kier molecular flexibility index (Phi) is 10.9. The second kappa shape index (κ2) is 14.1. The molecule has 9 nitrogen and oxygen atoms in total. The molecule has 1 aromatic heterocycles. The van der Waals surface area contributed by atoms with Crippen LogP contribution in [0.4, 0.5) is 8.78 Å². The molecule has 0 aliphatic carbocycles. The van der Waals surface area contributed by atoms with Crippen LogP contribution in [-0.2, 0) is 23.0 Å². The van der Waals surface area contributed by atoms with Gasteiger partial charge in [0.15, 0.2) is 17.5 Å². The molecule has 0 radical (unpaired) electrons. The van der Waals surface area contributed by atoms with Crippen LogP contribution in [0.15, 0.2) is 48.5 Å². The maximum Gasteiger partial charge on any atom is 0.251 e. The van der Waals surface area contributed by atoms with Gasteiger partial charge in [0, 0.05) is 5.56 Å². The molecule has 3 aromatic rings. The number of nitrogens with one attached hydrogen (secondary N) is 3. The summed E-state index contributed by atoms with van der Waals surface area (Å²) in [5.41, 5.74) is 1.01. The van der Waals surface area contributed by atoms with Crippen molar-refractivity contribution in [3.8, 4) is 0 Å². The molecular formula is C26H34F2N6O3S. The molecule has 0 aliphatic rings. The summed E-state index contributed by atoms with van der Waals surface area (Å²) in [6.07, 6.45) is 1.53. The first kappa shape index (κ1) is 29.3. The lowest BCUT2D eigenvalue weighted by molar-refractivity contribution is 0.0949. The monoisotopic (exact) mass is 548 g/mol. The van der Waals surface area contributed by atoms with Crippen LogP contribution < -0.4 is 10.0 Å². The average Bonchev–Trinajstić information content (AvgIpc) is 3.39. The normalized spacial score (nSPS) is 12.6. The second-order valence-electron chi connectivity index (χ2n) is 8.85. The largest absolute Gasteiger partial charge is 0.345 e. The maximum atomic E-state index is 13.4. The Bertz CT molecular complexity index is 1280. The molecule has 3 N–H and O–H groups in total. The van der Waals surface area contributed by atoms with Gasteiger partial charge in [0.25, 0.3) is 5.91 Å². The van der Waals surface area contributed by atoms with Crippen molar-refractivity contribution in [2.24, 2.45) is 0 Å². The van der Waals surface area contributed by atoms with Gasteiger partial charge in [-0.3, -0.25) is 9.89 Å². The number of halogens is 2. The summed E-state index contributed by atoms with van der Waals surface area (Å²) in [6, 6.07) is 11.9. The van der Waals surface area contributed by atoms with Gasteiger partial charge in [-0.15, -0.1) is 0 Å². The predicted octanol–water partition coefficient (Wildman–Crippen LogP) is 3.34. The first-order valence-electron chi connectivity index (χ1n) is 12.6. The predicted molar refractivity (Wildman–Crippen MR) is 141 cm³/mol. The number of amides is 1. The molecule has 1 heterocycles. The van der Waals surface area contributed by atoms with E-state index < -0.39 is 33.6 Å². The van der Waals surface area contributed by atoms with E-state index in [-0.39, 0.29) is 23.7 Å². The zero-order valence-corrected chi connectivity index (χ0v) is 22.4. The molecule has 0 bridgehead atoms. The summed E-state index contributed by atoms with van der Waals surface area (Å²) in [7, 11) is -3.61. The quantitative estimate of drug-likeness (QED) is 0.268. The summed E-state index contributed by atoms with van der Waals surface area (Å²) in [4.78, 5) is 18.9. The van der Waals surface area contributed by atoms with Crippen LogP contribution >= 0.6 is 0 Å². The fraction of sp³-hybridized carbons (Fsp3) is 0.423. The zero-order chi connectivity index (χ0) is 27.5. The summed E-state index contributed by atoms with van der Waals surface area (Å²) in [5.74, 6) is -2.25. The van der Waals surface area contributed by atoms with E-state index in [0.29, 0.717) is 31.6 Å². The first-order valence-corrected chi connectivity index (χ1v) is 14.3. The highest BCUT2D eigenvalue weighted by atomic mass is 32.2. The van der Waals surface area contributed by atoms with Crippen molar-refractivity contribution in [3.05, 3.63) is 82.9 Å². The Labute approximate surface area is 222 Å². The molecule has 38 heavy (non-hydrogen) atoms. The minimum atomic E-state index is -3.61. The average molecular weight is 549 g/mol. The molecule has 206 valence electrons. The summed E-state index contributed by atoms with van der Waals surface area (Å²) in [6.45, 7) is 6.42. The molecule has 2 aromatic carbocycles. The zero-order valence-electron chi connectivity index (χ0n) is 21.6. The number of aromatic amines is 1. The minimum Gasteiger partial charge on any atom is -0.345 e. The van der Waals surface area contributed by atoms with Gasteiger partial charge in [0.05, 0.1) is 18.3 Å². The number of carbonyl (C=O) groups is 1. The van der Waals surface area contributed by atoms with Crippen LogP contribution in [0.5, 0.6) is 0 Å². The number of nitrogens with zero attached hydrogens (tertiary/aromatic N) is 3.